The van der Waals surface area contributed by atoms with Gasteiger partial charge in [0.05, 0.1) is 18.8 Å². The highest BCUT2D eigenvalue weighted by atomic mass is 16.5. The van der Waals surface area contributed by atoms with Gasteiger partial charge in [0.25, 0.3) is 0 Å². The molecule has 0 bridgehead atoms. The Kier molecular flexibility index (Phi) is 3.69. The molecule has 1 fully saturated rings. The van der Waals surface area contributed by atoms with Crippen molar-refractivity contribution in [3.63, 3.8) is 0 Å². The first-order chi connectivity index (χ1) is 9.79. The molecular weight excluding hydrogens is 254 g/mol. The van der Waals surface area contributed by atoms with Crippen molar-refractivity contribution in [3.8, 4) is 0 Å². The van der Waals surface area contributed by atoms with Gasteiger partial charge in [0.1, 0.15) is 11.5 Å². The van der Waals surface area contributed by atoms with Crippen LogP contribution in [-0.4, -0.2) is 47.0 Å². The van der Waals surface area contributed by atoms with Crippen LogP contribution in [0.1, 0.15) is 29.2 Å². The molecule has 2 aromatic rings. The van der Waals surface area contributed by atoms with Gasteiger partial charge in [-0.3, -0.25) is 4.40 Å². The smallest absolute Gasteiger partial charge is 0.355 e. The molecule has 0 unspecified atom stereocenters. The van der Waals surface area contributed by atoms with Crippen LogP contribution in [0.15, 0.2) is 24.4 Å². The third-order valence-corrected chi connectivity index (χ3v) is 3.87. The average molecular weight is 273 g/mol. The van der Waals surface area contributed by atoms with Crippen molar-refractivity contribution < 1.29 is 9.53 Å². The Hall–Kier alpha value is -1.88. The maximum absolute atomic E-state index is 11.9. The summed E-state index contributed by atoms with van der Waals surface area (Å²) in [6, 6.07) is 5.59. The fraction of sp³-hybridized carbons (Fsp3) is 0.467. The summed E-state index contributed by atoms with van der Waals surface area (Å²) in [6.45, 7) is 3.34. The summed E-state index contributed by atoms with van der Waals surface area (Å²) >= 11 is 0. The van der Waals surface area contributed by atoms with Gasteiger partial charge in [-0.05, 0) is 38.1 Å². The number of nitrogens with zero attached hydrogens (tertiary/aromatic N) is 3. The molecule has 0 spiro atoms. The van der Waals surface area contributed by atoms with E-state index in [1.165, 1.54) is 33.0 Å². The zero-order valence-electron chi connectivity index (χ0n) is 11.7. The molecular formula is C15H19N3O2. The molecule has 0 saturated carbocycles. The van der Waals surface area contributed by atoms with E-state index in [0.717, 1.165) is 24.3 Å². The number of carbonyl (C=O) groups excluding carboxylic acids is 1. The number of esters is 1. The van der Waals surface area contributed by atoms with Gasteiger partial charge < -0.3 is 9.64 Å². The minimum Gasteiger partial charge on any atom is -0.464 e. The quantitative estimate of drug-likeness (QED) is 0.796. The number of imidazole rings is 1. The van der Waals surface area contributed by atoms with Gasteiger partial charge in [-0.1, -0.05) is 6.07 Å². The Morgan fingerprint density at radius 3 is 2.90 bits per heavy atom. The summed E-state index contributed by atoms with van der Waals surface area (Å²) in [7, 11) is 1.40. The third-order valence-electron chi connectivity index (χ3n) is 3.87. The number of methoxy groups -OCH3 is 1. The molecule has 106 valence electrons. The van der Waals surface area contributed by atoms with E-state index >= 15 is 0 Å². The van der Waals surface area contributed by atoms with E-state index in [2.05, 4.69) is 9.88 Å². The van der Waals surface area contributed by atoms with Crippen LogP contribution in [0.3, 0.4) is 0 Å². The molecule has 0 atom stereocenters. The van der Waals surface area contributed by atoms with Crippen LogP contribution in [0.2, 0.25) is 0 Å². The molecule has 5 heteroatoms. The molecule has 0 aliphatic carbocycles. The highest BCUT2D eigenvalue weighted by Gasteiger charge is 2.16. The Balaban J connectivity index is 1.88. The predicted octanol–water partition coefficient (Wildman–Crippen LogP) is 1.76. The summed E-state index contributed by atoms with van der Waals surface area (Å²) in [5.74, 6) is 0.601. The number of hydrogen-bond acceptors (Lipinski definition) is 4. The fourth-order valence-electron chi connectivity index (χ4n) is 2.82. The molecule has 3 heterocycles. The van der Waals surface area contributed by atoms with Gasteiger partial charge >= 0.3 is 5.97 Å². The minimum atomic E-state index is -0.323. The summed E-state index contributed by atoms with van der Waals surface area (Å²) in [4.78, 5) is 18.8. The number of aromatic nitrogens is 2. The van der Waals surface area contributed by atoms with Crippen molar-refractivity contribution >= 4 is 11.5 Å². The minimum absolute atomic E-state index is 0.323. The molecule has 0 N–H and O–H groups in total. The first kappa shape index (κ1) is 13.1. The van der Waals surface area contributed by atoms with Crippen molar-refractivity contribution in [1.82, 2.24) is 14.3 Å². The van der Waals surface area contributed by atoms with Gasteiger partial charge in [-0.15, -0.1) is 0 Å². The lowest BCUT2D eigenvalue weighted by molar-refractivity contribution is 0.0592. The SMILES string of the molecule is COC(=O)c1cccc2cnc(CCN3CCCC3)n12. The number of likely N-dealkylation sites (tertiary alicyclic amines) is 1. The second-order valence-electron chi connectivity index (χ2n) is 5.14. The monoisotopic (exact) mass is 273 g/mol. The van der Waals surface area contributed by atoms with Crippen LogP contribution < -0.4 is 0 Å². The zero-order chi connectivity index (χ0) is 13.9. The van der Waals surface area contributed by atoms with Crippen molar-refractivity contribution in [3.05, 3.63) is 35.9 Å². The van der Waals surface area contributed by atoms with Crippen LogP contribution in [0.4, 0.5) is 0 Å². The maximum Gasteiger partial charge on any atom is 0.355 e. The normalized spacial score (nSPS) is 15.8. The van der Waals surface area contributed by atoms with Crippen LogP contribution in [0, 0.1) is 0 Å². The summed E-state index contributed by atoms with van der Waals surface area (Å²) < 4.78 is 6.75. The average Bonchev–Trinajstić information content (AvgIpc) is 3.13. The lowest BCUT2D eigenvalue weighted by Gasteiger charge is -2.14. The van der Waals surface area contributed by atoms with E-state index < -0.39 is 0 Å². The molecule has 0 amide bonds. The lowest BCUT2D eigenvalue weighted by Crippen LogP contribution is -2.23. The van der Waals surface area contributed by atoms with Crippen molar-refractivity contribution in [2.24, 2.45) is 0 Å². The number of fused-ring (bicyclic) bond motifs is 1. The van der Waals surface area contributed by atoms with E-state index in [9.17, 15) is 4.79 Å². The van der Waals surface area contributed by atoms with Crippen LogP contribution in [0.5, 0.6) is 0 Å². The summed E-state index contributed by atoms with van der Waals surface area (Å²) in [5.41, 5.74) is 1.48. The highest BCUT2D eigenvalue weighted by Crippen LogP contribution is 2.14. The maximum atomic E-state index is 11.9. The number of pyridine rings is 1. The topological polar surface area (TPSA) is 46.8 Å². The summed E-state index contributed by atoms with van der Waals surface area (Å²) in [6.07, 6.45) is 5.24. The standard InChI is InChI=1S/C15H19N3O2/c1-20-15(19)13-6-4-5-12-11-16-14(18(12)13)7-10-17-8-2-3-9-17/h4-6,11H,2-3,7-10H2,1H3. The summed E-state index contributed by atoms with van der Waals surface area (Å²) in [5, 5.41) is 0. The molecule has 5 nitrogen and oxygen atoms in total. The third kappa shape index (κ3) is 2.41. The van der Waals surface area contributed by atoms with Crippen molar-refractivity contribution in [2.75, 3.05) is 26.7 Å². The second-order valence-corrected chi connectivity index (χ2v) is 5.14. The molecule has 20 heavy (non-hydrogen) atoms. The number of hydrogen-bond donors (Lipinski definition) is 0. The van der Waals surface area contributed by atoms with E-state index in [4.69, 9.17) is 4.74 Å². The largest absolute Gasteiger partial charge is 0.464 e. The van der Waals surface area contributed by atoms with Crippen LogP contribution in [0.25, 0.3) is 5.52 Å². The Morgan fingerprint density at radius 1 is 1.35 bits per heavy atom. The second kappa shape index (κ2) is 5.63. The number of ether oxygens (including phenoxy) is 1. The van der Waals surface area contributed by atoms with E-state index in [-0.39, 0.29) is 5.97 Å². The van der Waals surface area contributed by atoms with Crippen molar-refractivity contribution in [2.45, 2.75) is 19.3 Å². The van der Waals surface area contributed by atoms with Crippen LogP contribution >= 0.6 is 0 Å². The molecule has 3 rings (SSSR count). The van der Waals surface area contributed by atoms with Gasteiger partial charge in [-0.25, -0.2) is 9.78 Å². The zero-order valence-corrected chi connectivity index (χ0v) is 11.7. The Labute approximate surface area is 118 Å². The number of carbonyl (C=O) groups is 1. The van der Waals surface area contributed by atoms with Crippen molar-refractivity contribution in [1.29, 1.82) is 0 Å². The Bertz CT molecular complexity index is 615. The molecule has 1 aliphatic heterocycles. The number of rotatable bonds is 4. The van der Waals surface area contributed by atoms with Gasteiger partial charge in [0.2, 0.25) is 0 Å². The molecule has 0 aromatic carbocycles. The van der Waals surface area contributed by atoms with Gasteiger partial charge in [0.15, 0.2) is 0 Å². The first-order valence-corrected chi connectivity index (χ1v) is 7.05. The van der Waals surface area contributed by atoms with Gasteiger partial charge in [-0.2, -0.15) is 0 Å². The molecule has 1 saturated heterocycles. The molecule has 2 aromatic heterocycles. The van der Waals surface area contributed by atoms with E-state index in [1.54, 1.807) is 6.07 Å². The van der Waals surface area contributed by atoms with E-state index in [0.29, 0.717) is 5.69 Å². The van der Waals surface area contributed by atoms with Crippen LogP contribution in [-0.2, 0) is 11.2 Å². The highest BCUT2D eigenvalue weighted by molar-refractivity contribution is 5.88. The van der Waals surface area contributed by atoms with Gasteiger partial charge in [0, 0.05) is 13.0 Å². The lowest BCUT2D eigenvalue weighted by atomic mass is 10.3. The fourth-order valence-corrected chi connectivity index (χ4v) is 2.82. The molecule has 0 radical (unpaired) electrons. The van der Waals surface area contributed by atoms with E-state index in [1.807, 2.05) is 22.7 Å². The predicted molar refractivity (Wildman–Crippen MR) is 75.9 cm³/mol. The Morgan fingerprint density at radius 2 is 2.15 bits per heavy atom. The molecule has 1 aliphatic rings. The first-order valence-electron chi connectivity index (χ1n) is 7.05.